The average Bonchev–Trinajstić information content (AvgIpc) is 2.38. The molecule has 0 bridgehead atoms. The van der Waals surface area contributed by atoms with E-state index in [9.17, 15) is 5.21 Å². The van der Waals surface area contributed by atoms with Crippen LogP contribution in [-0.4, -0.2) is 6.54 Å². The van der Waals surface area contributed by atoms with Gasteiger partial charge in [0, 0.05) is 5.57 Å². The highest BCUT2D eigenvalue weighted by Crippen LogP contribution is 2.21. The van der Waals surface area contributed by atoms with E-state index >= 15 is 0 Å². The summed E-state index contributed by atoms with van der Waals surface area (Å²) in [7, 11) is 0. The van der Waals surface area contributed by atoms with Gasteiger partial charge in [-0.15, -0.1) is 0 Å². The molecule has 1 unspecified atom stereocenters. The van der Waals surface area contributed by atoms with Crippen molar-refractivity contribution < 1.29 is 5.06 Å². The summed E-state index contributed by atoms with van der Waals surface area (Å²) >= 11 is 0. The quantitative estimate of drug-likeness (QED) is 0.737. The van der Waals surface area contributed by atoms with Crippen molar-refractivity contribution in [3.63, 3.8) is 0 Å². The van der Waals surface area contributed by atoms with E-state index in [0.717, 1.165) is 11.1 Å². The molecule has 1 N–H and O–H groups in total. The van der Waals surface area contributed by atoms with Gasteiger partial charge < -0.3 is 10.3 Å². The van der Waals surface area contributed by atoms with Crippen molar-refractivity contribution in [1.29, 1.82) is 0 Å². The highest BCUT2D eigenvalue weighted by molar-refractivity contribution is 5.87. The van der Waals surface area contributed by atoms with Crippen molar-refractivity contribution in [3.8, 4) is 0 Å². The minimum Gasteiger partial charge on any atom is -0.629 e. The van der Waals surface area contributed by atoms with Crippen LogP contribution in [-0.2, 0) is 0 Å². The van der Waals surface area contributed by atoms with Gasteiger partial charge in [0.2, 0.25) is 0 Å². The average molecular weight is 223 g/mol. The van der Waals surface area contributed by atoms with E-state index in [1.165, 1.54) is 10.8 Å². The third-order valence-electron chi connectivity index (χ3n) is 3.02. The molecule has 2 nitrogen and oxygen atoms in total. The third-order valence-corrected chi connectivity index (χ3v) is 3.02. The first kappa shape index (κ1) is 10.3. The second-order valence-electron chi connectivity index (χ2n) is 4.23. The van der Waals surface area contributed by atoms with E-state index in [2.05, 4.69) is 30.3 Å². The fraction of sp³-hybridized carbons (Fsp3) is 0.0667. The molecule has 1 atom stereocenters. The van der Waals surface area contributed by atoms with E-state index in [-0.39, 0.29) is 5.06 Å². The van der Waals surface area contributed by atoms with Crippen molar-refractivity contribution in [2.75, 3.05) is 6.54 Å². The lowest BCUT2D eigenvalue weighted by Gasteiger charge is -2.20. The van der Waals surface area contributed by atoms with Crippen molar-refractivity contribution in [3.05, 3.63) is 71.6 Å². The monoisotopic (exact) mass is 223 g/mol. The Kier molecular flexibility index (Phi) is 2.52. The number of nitrogens with one attached hydrogen (secondary N) is 1. The number of quaternary nitrogens is 1. The molecule has 2 aromatic carbocycles. The molecular formula is C15H13NO. The van der Waals surface area contributed by atoms with Gasteiger partial charge in [-0.2, -0.15) is 0 Å². The van der Waals surface area contributed by atoms with Gasteiger partial charge in [-0.25, -0.2) is 0 Å². The summed E-state index contributed by atoms with van der Waals surface area (Å²) < 4.78 is 0. The Balaban J connectivity index is 2.09. The summed E-state index contributed by atoms with van der Waals surface area (Å²) in [5.74, 6) is 0. The van der Waals surface area contributed by atoms with Gasteiger partial charge in [-0.05, 0) is 34.6 Å². The molecule has 1 aliphatic heterocycles. The Labute approximate surface area is 100 Å². The largest absolute Gasteiger partial charge is 0.629 e. The number of hydroxylamine groups is 2. The van der Waals surface area contributed by atoms with Crippen molar-refractivity contribution >= 4 is 16.3 Å². The van der Waals surface area contributed by atoms with Crippen LogP contribution in [0.4, 0.5) is 0 Å². The molecule has 0 aromatic heterocycles. The minimum atomic E-state index is 0.177. The van der Waals surface area contributed by atoms with Crippen LogP contribution in [0.25, 0.3) is 16.3 Å². The van der Waals surface area contributed by atoms with E-state index in [1.54, 1.807) is 6.20 Å². The Bertz CT molecular complexity index is 613. The lowest BCUT2D eigenvalue weighted by atomic mass is 10.0. The maximum Gasteiger partial charge on any atom is 0.102 e. The van der Waals surface area contributed by atoms with Gasteiger partial charge in [0.05, 0.1) is 0 Å². The summed E-state index contributed by atoms with van der Waals surface area (Å²) in [6.07, 6.45) is 5.67. The first-order valence-corrected chi connectivity index (χ1v) is 5.73. The summed E-state index contributed by atoms with van der Waals surface area (Å²) in [5, 5.41) is 14.0. The lowest BCUT2D eigenvalue weighted by molar-refractivity contribution is -0.783. The Morgan fingerprint density at radius 2 is 1.82 bits per heavy atom. The highest BCUT2D eigenvalue weighted by atomic mass is 16.5. The molecule has 2 aromatic rings. The second-order valence-corrected chi connectivity index (χ2v) is 4.23. The van der Waals surface area contributed by atoms with Crippen LogP contribution in [0.5, 0.6) is 0 Å². The summed E-state index contributed by atoms with van der Waals surface area (Å²) in [4.78, 5) is 0. The first-order chi connectivity index (χ1) is 8.33. The van der Waals surface area contributed by atoms with Gasteiger partial charge >= 0.3 is 0 Å². The number of allylic oxidation sites excluding steroid dienone is 2. The molecule has 1 heterocycles. The number of hydrogen-bond donors (Lipinski definition) is 1. The fourth-order valence-corrected chi connectivity index (χ4v) is 2.13. The third kappa shape index (κ3) is 2.00. The van der Waals surface area contributed by atoms with Crippen molar-refractivity contribution in [2.45, 2.75) is 0 Å². The maximum absolute atomic E-state index is 11.4. The molecule has 0 amide bonds. The zero-order chi connectivity index (χ0) is 11.7. The van der Waals surface area contributed by atoms with Crippen LogP contribution < -0.4 is 5.06 Å². The predicted octanol–water partition coefficient (Wildman–Crippen LogP) is 2.13. The fourth-order valence-electron chi connectivity index (χ4n) is 2.13. The first-order valence-electron chi connectivity index (χ1n) is 5.73. The number of fused-ring (bicyclic) bond motifs is 1. The number of rotatable bonds is 1. The molecule has 17 heavy (non-hydrogen) atoms. The van der Waals surface area contributed by atoms with E-state index < -0.39 is 0 Å². The molecule has 3 rings (SSSR count). The van der Waals surface area contributed by atoms with Gasteiger partial charge in [0.25, 0.3) is 0 Å². The van der Waals surface area contributed by atoms with Crippen molar-refractivity contribution in [1.82, 2.24) is 0 Å². The standard InChI is InChI=1S/C15H13NO/c17-16-9-3-6-15(11-16)14-8-7-12-4-1-2-5-13(12)10-14/h1-8,10-11,16H,9H2. The molecule has 84 valence electrons. The minimum absolute atomic E-state index is 0.177. The Hall–Kier alpha value is -1.90. The highest BCUT2D eigenvalue weighted by Gasteiger charge is 2.06. The predicted molar refractivity (Wildman–Crippen MR) is 70.3 cm³/mol. The SMILES string of the molecule is [O-][NH+]1C=C(c2ccc3ccccc3c2)C=CC1. The lowest BCUT2D eigenvalue weighted by Crippen LogP contribution is -3.02. The summed E-state index contributed by atoms with van der Waals surface area (Å²) in [5.41, 5.74) is 2.11. The number of hydrogen-bond acceptors (Lipinski definition) is 1. The summed E-state index contributed by atoms with van der Waals surface area (Å²) in [6, 6.07) is 14.5. The zero-order valence-electron chi connectivity index (χ0n) is 9.39. The topological polar surface area (TPSA) is 27.5 Å². The van der Waals surface area contributed by atoms with E-state index in [1.807, 2.05) is 24.3 Å². The zero-order valence-corrected chi connectivity index (χ0v) is 9.39. The van der Waals surface area contributed by atoms with Crippen LogP contribution in [0, 0.1) is 5.21 Å². The van der Waals surface area contributed by atoms with E-state index in [4.69, 9.17) is 0 Å². The smallest absolute Gasteiger partial charge is 0.102 e. The van der Waals surface area contributed by atoms with Crippen LogP contribution in [0.3, 0.4) is 0 Å². The molecule has 0 saturated heterocycles. The van der Waals surface area contributed by atoms with Gasteiger partial charge in [-0.3, -0.25) is 0 Å². The van der Waals surface area contributed by atoms with Crippen LogP contribution in [0.2, 0.25) is 0 Å². The van der Waals surface area contributed by atoms with Gasteiger partial charge in [0.15, 0.2) is 0 Å². The molecular weight excluding hydrogens is 210 g/mol. The Morgan fingerprint density at radius 1 is 1.00 bits per heavy atom. The normalized spacial score (nSPS) is 19.4. The van der Waals surface area contributed by atoms with Crippen LogP contribution >= 0.6 is 0 Å². The molecule has 1 aliphatic rings. The molecule has 0 spiro atoms. The van der Waals surface area contributed by atoms with Gasteiger partial charge in [0.1, 0.15) is 12.7 Å². The number of benzene rings is 2. The maximum atomic E-state index is 11.4. The second kappa shape index (κ2) is 4.17. The molecule has 0 aliphatic carbocycles. The van der Waals surface area contributed by atoms with Crippen LogP contribution in [0.1, 0.15) is 5.56 Å². The Morgan fingerprint density at radius 3 is 2.65 bits per heavy atom. The molecule has 2 heteroatoms. The van der Waals surface area contributed by atoms with Gasteiger partial charge in [-0.1, -0.05) is 36.4 Å². The molecule has 0 saturated carbocycles. The summed E-state index contributed by atoms with van der Waals surface area (Å²) in [6.45, 7) is 0.525. The van der Waals surface area contributed by atoms with E-state index in [0.29, 0.717) is 6.54 Å². The van der Waals surface area contributed by atoms with Crippen molar-refractivity contribution in [2.24, 2.45) is 0 Å². The molecule has 0 radical (unpaired) electrons. The molecule has 0 fully saturated rings. The van der Waals surface area contributed by atoms with Crippen LogP contribution in [0.15, 0.2) is 60.8 Å².